The number of hydrogen-bond acceptors (Lipinski definition) is 2. The maximum atomic E-state index is 14.0. The summed E-state index contributed by atoms with van der Waals surface area (Å²) in [6, 6.07) is 5.40. The predicted molar refractivity (Wildman–Crippen MR) is 77.8 cm³/mol. The van der Waals surface area contributed by atoms with Crippen molar-refractivity contribution < 1.29 is 4.39 Å². The van der Waals surface area contributed by atoms with Crippen molar-refractivity contribution in [3.05, 3.63) is 34.6 Å². The van der Waals surface area contributed by atoms with Gasteiger partial charge >= 0.3 is 0 Å². The Morgan fingerprint density at radius 3 is 2.58 bits per heavy atom. The number of halogens is 2. The van der Waals surface area contributed by atoms with Crippen molar-refractivity contribution in [1.29, 1.82) is 0 Å². The van der Waals surface area contributed by atoms with Gasteiger partial charge in [-0.2, -0.15) is 0 Å². The number of nitrogens with two attached hydrogens (primary N) is 1. The quantitative estimate of drug-likeness (QED) is 0.826. The number of hydrogen-bond donors (Lipinski definition) is 2. The van der Waals surface area contributed by atoms with Gasteiger partial charge in [0.15, 0.2) is 0 Å². The van der Waals surface area contributed by atoms with E-state index < -0.39 is 0 Å². The third kappa shape index (κ3) is 3.91. The molecule has 1 atom stereocenters. The summed E-state index contributed by atoms with van der Waals surface area (Å²) >= 11 is 5.84. The first kappa shape index (κ1) is 14.8. The fourth-order valence-electron chi connectivity index (χ4n) is 2.80. The lowest BCUT2D eigenvalue weighted by Gasteiger charge is -2.25. The van der Waals surface area contributed by atoms with Crippen LogP contribution in [0.4, 0.5) is 4.39 Å². The lowest BCUT2D eigenvalue weighted by atomic mass is 10.0. The van der Waals surface area contributed by atoms with E-state index in [0.29, 0.717) is 18.2 Å². The second-order valence-electron chi connectivity index (χ2n) is 5.29. The average Bonchev–Trinajstić information content (AvgIpc) is 2.68. The molecule has 1 saturated carbocycles. The van der Waals surface area contributed by atoms with Gasteiger partial charge in [0.05, 0.1) is 5.02 Å². The standard InChI is InChI=1S/C15H22ClFN2/c16-13-9-5-8-12(15(13)17)14(10-18)19-11-6-3-1-2-4-7-11/h5,8-9,11,14,19H,1-4,6-7,10,18H2. The van der Waals surface area contributed by atoms with E-state index >= 15 is 0 Å². The minimum atomic E-state index is -0.347. The van der Waals surface area contributed by atoms with E-state index in [1.807, 2.05) is 0 Å². The molecule has 1 fully saturated rings. The molecule has 1 aliphatic carbocycles. The first-order valence-electron chi connectivity index (χ1n) is 7.12. The summed E-state index contributed by atoms with van der Waals surface area (Å²) in [4.78, 5) is 0. The highest BCUT2D eigenvalue weighted by molar-refractivity contribution is 6.30. The van der Waals surface area contributed by atoms with Crippen LogP contribution in [-0.4, -0.2) is 12.6 Å². The topological polar surface area (TPSA) is 38.0 Å². The Labute approximate surface area is 119 Å². The Bertz CT molecular complexity index is 403. The van der Waals surface area contributed by atoms with Crippen LogP contribution in [0.1, 0.15) is 50.1 Å². The van der Waals surface area contributed by atoms with Crippen molar-refractivity contribution in [2.45, 2.75) is 50.6 Å². The van der Waals surface area contributed by atoms with Crippen molar-refractivity contribution >= 4 is 11.6 Å². The van der Waals surface area contributed by atoms with Gasteiger partial charge < -0.3 is 11.1 Å². The summed E-state index contributed by atoms with van der Waals surface area (Å²) in [5.41, 5.74) is 6.39. The summed E-state index contributed by atoms with van der Waals surface area (Å²) in [5.74, 6) is -0.347. The second-order valence-corrected chi connectivity index (χ2v) is 5.69. The molecule has 3 N–H and O–H groups in total. The molecule has 106 valence electrons. The van der Waals surface area contributed by atoms with Crippen LogP contribution in [0.25, 0.3) is 0 Å². The van der Waals surface area contributed by atoms with Gasteiger partial charge in [-0.3, -0.25) is 0 Å². The SMILES string of the molecule is NCC(NC1CCCCCC1)c1cccc(Cl)c1F. The summed E-state index contributed by atoms with van der Waals surface area (Å²) < 4.78 is 14.0. The van der Waals surface area contributed by atoms with Gasteiger partial charge in [0.2, 0.25) is 0 Å². The molecule has 19 heavy (non-hydrogen) atoms. The summed E-state index contributed by atoms with van der Waals surface area (Å²) in [6.45, 7) is 0.383. The molecule has 0 aromatic heterocycles. The van der Waals surface area contributed by atoms with Crippen molar-refractivity contribution in [2.24, 2.45) is 5.73 Å². The van der Waals surface area contributed by atoms with Gasteiger partial charge in [0.25, 0.3) is 0 Å². The molecule has 4 heteroatoms. The van der Waals surface area contributed by atoms with Crippen LogP contribution in [0.2, 0.25) is 5.02 Å². The molecule has 1 unspecified atom stereocenters. The molecule has 0 bridgehead atoms. The number of nitrogens with one attached hydrogen (secondary N) is 1. The number of benzene rings is 1. The van der Waals surface area contributed by atoms with Gasteiger partial charge in [-0.1, -0.05) is 49.4 Å². The summed E-state index contributed by atoms with van der Waals surface area (Å²) in [5, 5.41) is 3.67. The van der Waals surface area contributed by atoms with E-state index in [-0.39, 0.29) is 16.9 Å². The molecule has 1 aromatic carbocycles. The van der Waals surface area contributed by atoms with Gasteiger partial charge in [0, 0.05) is 24.2 Å². The zero-order valence-electron chi connectivity index (χ0n) is 11.2. The average molecular weight is 285 g/mol. The van der Waals surface area contributed by atoms with Crippen LogP contribution >= 0.6 is 11.6 Å². The van der Waals surface area contributed by atoms with Crippen molar-refractivity contribution in [3.63, 3.8) is 0 Å². The fourth-order valence-corrected chi connectivity index (χ4v) is 2.99. The van der Waals surface area contributed by atoms with E-state index in [2.05, 4.69) is 5.32 Å². The molecule has 0 amide bonds. The lowest BCUT2D eigenvalue weighted by Crippen LogP contribution is -2.37. The highest BCUT2D eigenvalue weighted by Gasteiger charge is 2.20. The lowest BCUT2D eigenvalue weighted by molar-refractivity contribution is 0.394. The van der Waals surface area contributed by atoms with E-state index in [4.69, 9.17) is 17.3 Å². The first-order valence-corrected chi connectivity index (χ1v) is 7.50. The van der Waals surface area contributed by atoms with Gasteiger partial charge in [-0.15, -0.1) is 0 Å². The van der Waals surface area contributed by atoms with Crippen LogP contribution < -0.4 is 11.1 Å². The van der Waals surface area contributed by atoms with Crippen molar-refractivity contribution in [1.82, 2.24) is 5.32 Å². The zero-order chi connectivity index (χ0) is 13.7. The monoisotopic (exact) mass is 284 g/mol. The van der Waals surface area contributed by atoms with Crippen LogP contribution in [0.3, 0.4) is 0 Å². The van der Waals surface area contributed by atoms with E-state index in [9.17, 15) is 4.39 Å². The molecule has 0 heterocycles. The smallest absolute Gasteiger partial charge is 0.146 e. The second kappa shape index (κ2) is 7.22. The third-order valence-corrected chi connectivity index (χ3v) is 4.18. The summed E-state index contributed by atoms with van der Waals surface area (Å²) in [6.07, 6.45) is 7.39. The van der Waals surface area contributed by atoms with Gasteiger partial charge in [0.1, 0.15) is 5.82 Å². The molecule has 1 aromatic rings. The molecule has 0 aliphatic heterocycles. The third-order valence-electron chi connectivity index (χ3n) is 3.88. The molecule has 1 aliphatic rings. The molecule has 0 saturated heterocycles. The predicted octanol–water partition coefficient (Wildman–Crippen LogP) is 3.79. The Morgan fingerprint density at radius 1 is 1.26 bits per heavy atom. The maximum Gasteiger partial charge on any atom is 0.146 e. The molecule has 0 spiro atoms. The van der Waals surface area contributed by atoms with Crippen LogP contribution in [0, 0.1) is 5.82 Å². The van der Waals surface area contributed by atoms with Gasteiger partial charge in [-0.25, -0.2) is 4.39 Å². The van der Waals surface area contributed by atoms with Crippen LogP contribution in [0.5, 0.6) is 0 Å². The largest absolute Gasteiger partial charge is 0.329 e. The molecular weight excluding hydrogens is 263 g/mol. The minimum absolute atomic E-state index is 0.151. The Balaban J connectivity index is 2.08. The van der Waals surface area contributed by atoms with Gasteiger partial charge in [-0.05, 0) is 18.9 Å². The normalized spacial score (nSPS) is 19.1. The molecule has 0 radical (unpaired) electrons. The summed E-state index contributed by atoms with van der Waals surface area (Å²) in [7, 11) is 0. The number of rotatable bonds is 4. The highest BCUT2D eigenvalue weighted by Crippen LogP contribution is 2.25. The van der Waals surface area contributed by atoms with Crippen LogP contribution in [-0.2, 0) is 0 Å². The zero-order valence-corrected chi connectivity index (χ0v) is 11.9. The molecular formula is C15H22ClFN2. The highest BCUT2D eigenvalue weighted by atomic mass is 35.5. The minimum Gasteiger partial charge on any atom is -0.329 e. The molecule has 2 nitrogen and oxygen atoms in total. The van der Waals surface area contributed by atoms with Crippen molar-refractivity contribution in [3.8, 4) is 0 Å². The Kier molecular flexibility index (Phi) is 5.61. The van der Waals surface area contributed by atoms with E-state index in [1.54, 1.807) is 18.2 Å². The van der Waals surface area contributed by atoms with E-state index in [1.165, 1.54) is 25.7 Å². The first-order chi connectivity index (χ1) is 9.22. The fraction of sp³-hybridized carbons (Fsp3) is 0.600. The van der Waals surface area contributed by atoms with Crippen LogP contribution in [0.15, 0.2) is 18.2 Å². The Morgan fingerprint density at radius 2 is 1.95 bits per heavy atom. The maximum absolute atomic E-state index is 14.0. The van der Waals surface area contributed by atoms with E-state index in [0.717, 1.165) is 12.8 Å². The molecule has 2 rings (SSSR count). The van der Waals surface area contributed by atoms with Crippen molar-refractivity contribution in [2.75, 3.05) is 6.54 Å². The Hall–Kier alpha value is -0.640.